The van der Waals surface area contributed by atoms with Crippen LogP contribution in [0.25, 0.3) is 10.9 Å². The Morgan fingerprint density at radius 3 is 2.60 bits per heavy atom. The second-order valence-electron chi connectivity index (χ2n) is 5.38. The number of aromatic amines is 1. The van der Waals surface area contributed by atoms with Gasteiger partial charge in [0.15, 0.2) is 0 Å². The molecule has 1 aromatic heterocycles. The van der Waals surface area contributed by atoms with E-state index >= 15 is 0 Å². The summed E-state index contributed by atoms with van der Waals surface area (Å²) >= 11 is 0. The lowest BCUT2D eigenvalue weighted by molar-refractivity contribution is -0.116. The van der Waals surface area contributed by atoms with Crippen LogP contribution in [0.4, 0.5) is 5.69 Å². The molecule has 0 fully saturated rings. The minimum atomic E-state index is -0.991. The van der Waals surface area contributed by atoms with Gasteiger partial charge in [-0.2, -0.15) is 0 Å². The number of carboxylic acid groups (broad SMARTS) is 1. The summed E-state index contributed by atoms with van der Waals surface area (Å²) < 4.78 is 0. The molecule has 25 heavy (non-hydrogen) atoms. The molecule has 0 spiro atoms. The number of aryl methyl sites for hydroxylation is 1. The Morgan fingerprint density at radius 1 is 1.24 bits per heavy atom. The summed E-state index contributed by atoms with van der Waals surface area (Å²) in [5, 5.41) is 15.9. The highest BCUT2D eigenvalue weighted by atomic mass is 16.4. The Labute approximate surface area is 148 Å². The number of H-pyrrole nitrogens is 1. The van der Waals surface area contributed by atoms with Crippen molar-refractivity contribution < 1.29 is 14.7 Å². The van der Waals surface area contributed by atoms with Crippen molar-refractivity contribution in [2.75, 3.05) is 25.0 Å². The number of carboxylic acids is 1. The monoisotopic (exact) mass is 348 g/mol. The van der Waals surface area contributed by atoms with E-state index in [0.717, 1.165) is 30.4 Å². The van der Waals surface area contributed by atoms with E-state index in [-0.39, 0.29) is 11.6 Å². The number of benzene rings is 1. The quantitative estimate of drug-likeness (QED) is 0.469. The third-order valence-electron chi connectivity index (χ3n) is 3.63. The number of hydrogen-bond donors (Lipinski definition) is 5. The molecule has 0 aliphatic rings. The van der Waals surface area contributed by atoms with Crippen molar-refractivity contribution in [3.63, 3.8) is 0 Å². The summed E-state index contributed by atoms with van der Waals surface area (Å²) in [4.78, 5) is 25.9. The van der Waals surface area contributed by atoms with Crippen LogP contribution in [0.15, 0.2) is 18.2 Å². The van der Waals surface area contributed by atoms with Crippen LogP contribution in [0.3, 0.4) is 0 Å². The standard InChI is InChI=1S/C16H22N4O3.C2H6/c1-10-12-9-11(4-5-13(12)20-15(10)16(22)23)19-14(21)3-2-7-18-8-6-17;1-2/h4-5,9,18,20H,2-3,6-8,17H2,1H3,(H,19,21)(H,22,23);1-2H3. The van der Waals surface area contributed by atoms with Crippen molar-refractivity contribution in [3.8, 4) is 0 Å². The van der Waals surface area contributed by atoms with Crippen LogP contribution in [0, 0.1) is 6.92 Å². The number of aromatic carboxylic acids is 1. The van der Waals surface area contributed by atoms with E-state index in [9.17, 15) is 9.59 Å². The van der Waals surface area contributed by atoms with Gasteiger partial charge in [-0.25, -0.2) is 4.79 Å². The van der Waals surface area contributed by atoms with Gasteiger partial charge in [0, 0.05) is 36.1 Å². The Balaban J connectivity index is 0.00000151. The summed E-state index contributed by atoms with van der Waals surface area (Å²) in [5.41, 5.74) is 7.61. The lowest BCUT2D eigenvalue weighted by atomic mass is 10.1. The molecule has 7 heteroatoms. The minimum absolute atomic E-state index is 0.0643. The fourth-order valence-electron chi connectivity index (χ4n) is 2.44. The number of carbonyl (C=O) groups is 2. The van der Waals surface area contributed by atoms with Crippen LogP contribution >= 0.6 is 0 Å². The molecule has 0 atom stereocenters. The Hall–Kier alpha value is -2.38. The zero-order valence-electron chi connectivity index (χ0n) is 15.1. The molecule has 1 heterocycles. The summed E-state index contributed by atoms with van der Waals surface area (Å²) in [5.74, 6) is -1.06. The van der Waals surface area contributed by atoms with Gasteiger partial charge in [0.1, 0.15) is 5.69 Å². The van der Waals surface area contributed by atoms with Crippen molar-refractivity contribution in [1.82, 2.24) is 10.3 Å². The third-order valence-corrected chi connectivity index (χ3v) is 3.63. The molecule has 0 bridgehead atoms. The lowest BCUT2D eigenvalue weighted by Gasteiger charge is -2.06. The number of nitrogens with one attached hydrogen (secondary N) is 3. The highest BCUT2D eigenvalue weighted by Gasteiger charge is 2.14. The maximum atomic E-state index is 11.9. The first-order chi connectivity index (χ1) is 12.0. The zero-order valence-corrected chi connectivity index (χ0v) is 15.1. The number of hydrogen-bond acceptors (Lipinski definition) is 4. The second-order valence-corrected chi connectivity index (χ2v) is 5.38. The molecular weight excluding hydrogens is 320 g/mol. The average molecular weight is 348 g/mol. The lowest BCUT2D eigenvalue weighted by Crippen LogP contribution is -2.24. The highest BCUT2D eigenvalue weighted by Crippen LogP contribution is 2.25. The van der Waals surface area contributed by atoms with E-state index in [0.29, 0.717) is 24.2 Å². The number of aromatic nitrogens is 1. The van der Waals surface area contributed by atoms with Gasteiger partial charge >= 0.3 is 5.97 Å². The molecule has 0 aliphatic heterocycles. The molecule has 2 rings (SSSR count). The summed E-state index contributed by atoms with van der Waals surface area (Å²) in [7, 11) is 0. The van der Waals surface area contributed by atoms with Gasteiger partial charge < -0.3 is 26.5 Å². The van der Waals surface area contributed by atoms with Crippen molar-refractivity contribution in [3.05, 3.63) is 29.5 Å². The van der Waals surface area contributed by atoms with E-state index in [1.54, 1.807) is 25.1 Å². The normalized spacial score (nSPS) is 10.2. The third kappa shape index (κ3) is 5.88. The summed E-state index contributed by atoms with van der Waals surface area (Å²) in [6, 6.07) is 5.32. The van der Waals surface area contributed by atoms with E-state index in [1.807, 2.05) is 13.8 Å². The molecule has 0 aliphatic carbocycles. The predicted molar refractivity (Wildman–Crippen MR) is 101 cm³/mol. The van der Waals surface area contributed by atoms with Gasteiger partial charge in [-0.3, -0.25) is 4.79 Å². The van der Waals surface area contributed by atoms with Crippen molar-refractivity contribution >= 4 is 28.5 Å². The molecule has 7 nitrogen and oxygen atoms in total. The van der Waals surface area contributed by atoms with E-state index < -0.39 is 5.97 Å². The van der Waals surface area contributed by atoms with Crippen molar-refractivity contribution in [2.45, 2.75) is 33.6 Å². The molecule has 0 radical (unpaired) electrons. The van der Waals surface area contributed by atoms with Crippen LogP contribution in [-0.4, -0.2) is 41.6 Å². The molecule has 0 unspecified atom stereocenters. The maximum absolute atomic E-state index is 11.9. The number of nitrogens with two attached hydrogens (primary N) is 1. The smallest absolute Gasteiger partial charge is 0.352 e. The first kappa shape index (κ1) is 20.7. The topological polar surface area (TPSA) is 120 Å². The Kier molecular flexibility index (Phi) is 8.66. The van der Waals surface area contributed by atoms with Crippen molar-refractivity contribution in [2.24, 2.45) is 5.73 Å². The second kappa shape index (κ2) is 10.5. The Bertz CT molecular complexity index is 710. The van der Waals surface area contributed by atoms with Gasteiger partial charge in [0.05, 0.1) is 0 Å². The van der Waals surface area contributed by atoms with E-state index in [2.05, 4.69) is 15.6 Å². The van der Waals surface area contributed by atoms with Gasteiger partial charge in [-0.1, -0.05) is 13.8 Å². The fraction of sp³-hybridized carbons (Fsp3) is 0.444. The number of rotatable bonds is 8. The largest absolute Gasteiger partial charge is 0.477 e. The summed E-state index contributed by atoms with van der Waals surface area (Å²) in [6.45, 7) is 7.83. The van der Waals surface area contributed by atoms with Gasteiger partial charge in [-0.15, -0.1) is 0 Å². The number of anilines is 1. The van der Waals surface area contributed by atoms with E-state index in [1.165, 1.54) is 0 Å². The van der Waals surface area contributed by atoms with Crippen LogP contribution in [0.2, 0.25) is 0 Å². The molecule has 1 aromatic carbocycles. The van der Waals surface area contributed by atoms with E-state index in [4.69, 9.17) is 10.8 Å². The SMILES string of the molecule is CC.Cc1c(C(=O)O)[nH]c2ccc(NC(=O)CCCNCCN)cc12. The molecule has 0 saturated carbocycles. The predicted octanol–water partition coefficient (Wildman–Crippen LogP) is 2.47. The molecular formula is C18H28N4O3. The maximum Gasteiger partial charge on any atom is 0.352 e. The number of fused-ring (bicyclic) bond motifs is 1. The molecule has 1 amide bonds. The average Bonchev–Trinajstić information content (AvgIpc) is 2.93. The minimum Gasteiger partial charge on any atom is -0.477 e. The molecule has 138 valence electrons. The molecule has 2 aromatic rings. The van der Waals surface area contributed by atoms with Crippen LogP contribution in [0.1, 0.15) is 42.7 Å². The Morgan fingerprint density at radius 2 is 1.96 bits per heavy atom. The fourth-order valence-corrected chi connectivity index (χ4v) is 2.44. The molecule has 0 saturated heterocycles. The number of carbonyl (C=O) groups excluding carboxylic acids is 1. The summed E-state index contributed by atoms with van der Waals surface area (Å²) in [6.07, 6.45) is 1.16. The zero-order chi connectivity index (χ0) is 18.8. The first-order valence-electron chi connectivity index (χ1n) is 8.59. The van der Waals surface area contributed by atoms with Gasteiger partial charge in [-0.05, 0) is 43.7 Å². The van der Waals surface area contributed by atoms with Gasteiger partial charge in [0.2, 0.25) is 5.91 Å². The number of amides is 1. The first-order valence-corrected chi connectivity index (χ1v) is 8.59. The highest BCUT2D eigenvalue weighted by molar-refractivity contribution is 5.99. The van der Waals surface area contributed by atoms with Crippen LogP contribution < -0.4 is 16.4 Å². The molecule has 6 N–H and O–H groups in total. The van der Waals surface area contributed by atoms with Gasteiger partial charge in [0.25, 0.3) is 0 Å². The van der Waals surface area contributed by atoms with Crippen LogP contribution in [-0.2, 0) is 4.79 Å². The van der Waals surface area contributed by atoms with Crippen molar-refractivity contribution in [1.29, 1.82) is 0 Å². The van der Waals surface area contributed by atoms with Crippen LogP contribution in [0.5, 0.6) is 0 Å².